The van der Waals surface area contributed by atoms with Crippen LogP contribution in [0.4, 0.5) is 10.1 Å². The van der Waals surface area contributed by atoms with Crippen molar-refractivity contribution < 1.29 is 23.9 Å². The minimum atomic E-state index is -1.19. The lowest BCUT2D eigenvalue weighted by molar-refractivity contribution is -0.118. The van der Waals surface area contributed by atoms with Gasteiger partial charge in [-0.25, -0.2) is 4.39 Å². The maximum Gasteiger partial charge on any atom is 0.294 e. The van der Waals surface area contributed by atoms with Gasteiger partial charge in [-0.2, -0.15) is 0 Å². The van der Waals surface area contributed by atoms with E-state index >= 15 is 0 Å². The van der Waals surface area contributed by atoms with Crippen LogP contribution in [0.2, 0.25) is 10.0 Å². The Morgan fingerprint density at radius 1 is 1.23 bits per heavy atom. The number of Topliss-reactive ketones (excluding diaryl/α,β-unsaturated/α-hetero) is 1. The molecular formula is C21H22Cl2FN3O4. The highest BCUT2D eigenvalue weighted by Gasteiger charge is 2.33. The highest BCUT2D eigenvalue weighted by atomic mass is 35.5. The van der Waals surface area contributed by atoms with Crippen molar-refractivity contribution in [3.05, 3.63) is 51.0 Å². The van der Waals surface area contributed by atoms with Gasteiger partial charge in [0, 0.05) is 24.5 Å². The van der Waals surface area contributed by atoms with Crippen LogP contribution in [-0.4, -0.2) is 39.4 Å². The maximum absolute atomic E-state index is 13.4. The lowest BCUT2D eigenvalue weighted by atomic mass is 10.1. The van der Waals surface area contributed by atoms with Crippen LogP contribution in [0.1, 0.15) is 53.2 Å². The Morgan fingerprint density at radius 2 is 1.94 bits per heavy atom. The van der Waals surface area contributed by atoms with E-state index in [0.717, 1.165) is 18.9 Å². The minimum Gasteiger partial charge on any atom is -0.389 e. The topological polar surface area (TPSA) is 100 Å². The molecule has 1 aliphatic rings. The van der Waals surface area contributed by atoms with Crippen molar-refractivity contribution in [3.63, 3.8) is 0 Å². The highest BCUT2D eigenvalue weighted by Crippen LogP contribution is 2.33. The second kappa shape index (κ2) is 8.98. The first-order valence-corrected chi connectivity index (χ1v) is 10.5. The number of amides is 2. The second-order valence-electron chi connectivity index (χ2n) is 8.00. The quantitative estimate of drug-likeness (QED) is 0.444. The SMILES string of the molecule is CC(C)(O)CNC(=O)C(=O)c1c(Cl)c(C(=O)Nc2ccc(F)c(Cl)c2)c2n1CCCC2. The van der Waals surface area contributed by atoms with Crippen molar-refractivity contribution >= 4 is 46.5 Å². The van der Waals surface area contributed by atoms with Crippen LogP contribution < -0.4 is 10.6 Å². The molecule has 166 valence electrons. The molecule has 3 rings (SSSR count). The van der Waals surface area contributed by atoms with Crippen molar-refractivity contribution in [1.82, 2.24) is 9.88 Å². The van der Waals surface area contributed by atoms with Crippen LogP contribution in [0.25, 0.3) is 0 Å². The molecule has 0 saturated heterocycles. The molecule has 1 aliphatic heterocycles. The Morgan fingerprint density at radius 3 is 2.58 bits per heavy atom. The normalized spacial score (nSPS) is 13.5. The van der Waals surface area contributed by atoms with Gasteiger partial charge in [0.2, 0.25) is 0 Å². The number of nitrogens with one attached hydrogen (secondary N) is 2. The number of hydrogen-bond acceptors (Lipinski definition) is 4. The number of fused-ring (bicyclic) bond motifs is 1. The molecule has 0 unspecified atom stereocenters. The van der Waals surface area contributed by atoms with Crippen molar-refractivity contribution in [2.75, 3.05) is 11.9 Å². The van der Waals surface area contributed by atoms with Crippen LogP contribution in [0, 0.1) is 5.82 Å². The van der Waals surface area contributed by atoms with Gasteiger partial charge in [-0.15, -0.1) is 0 Å². The van der Waals surface area contributed by atoms with Crippen LogP contribution in [0.3, 0.4) is 0 Å². The number of benzene rings is 1. The average molecular weight is 470 g/mol. The van der Waals surface area contributed by atoms with Gasteiger partial charge in [-0.1, -0.05) is 23.2 Å². The Bertz CT molecular complexity index is 1060. The molecule has 2 aromatic rings. The van der Waals surface area contributed by atoms with E-state index in [9.17, 15) is 23.9 Å². The smallest absolute Gasteiger partial charge is 0.294 e. The van der Waals surface area contributed by atoms with Crippen LogP contribution >= 0.6 is 23.2 Å². The van der Waals surface area contributed by atoms with E-state index < -0.39 is 29.0 Å². The molecule has 2 amide bonds. The molecule has 0 spiro atoms. The molecule has 0 atom stereocenters. The fourth-order valence-corrected chi connectivity index (χ4v) is 3.97. The monoisotopic (exact) mass is 469 g/mol. The van der Waals surface area contributed by atoms with Crippen molar-refractivity contribution in [3.8, 4) is 0 Å². The van der Waals surface area contributed by atoms with Crippen molar-refractivity contribution in [1.29, 1.82) is 0 Å². The summed E-state index contributed by atoms with van der Waals surface area (Å²) in [5.74, 6) is -3.02. The van der Waals surface area contributed by atoms with Gasteiger partial charge in [-0.3, -0.25) is 14.4 Å². The average Bonchev–Trinajstić information content (AvgIpc) is 2.99. The lowest BCUT2D eigenvalue weighted by Gasteiger charge is -2.19. The number of rotatable bonds is 6. The van der Waals surface area contributed by atoms with E-state index in [1.165, 1.54) is 26.0 Å². The van der Waals surface area contributed by atoms with Gasteiger partial charge < -0.3 is 20.3 Å². The van der Waals surface area contributed by atoms with E-state index in [1.54, 1.807) is 4.57 Å². The summed E-state index contributed by atoms with van der Waals surface area (Å²) in [7, 11) is 0. The molecule has 2 heterocycles. The predicted molar refractivity (Wildman–Crippen MR) is 115 cm³/mol. The third kappa shape index (κ3) is 5.08. The standard InChI is InChI=1S/C21H22Cl2FN3O4/c1-21(2,31)10-25-20(30)18(28)17-16(23)15(14-5-3-4-8-27(14)17)19(29)26-11-6-7-13(24)12(22)9-11/h6-7,9,31H,3-5,8,10H2,1-2H3,(H,25,30)(H,26,29). The van der Waals surface area contributed by atoms with Gasteiger partial charge >= 0.3 is 0 Å². The molecule has 0 saturated carbocycles. The Balaban J connectivity index is 1.94. The Kier molecular flexibility index (Phi) is 6.73. The summed E-state index contributed by atoms with van der Waals surface area (Å²) in [5, 5.41) is 14.5. The lowest BCUT2D eigenvalue weighted by Crippen LogP contribution is -2.41. The first-order chi connectivity index (χ1) is 14.5. The summed E-state index contributed by atoms with van der Waals surface area (Å²) in [6.07, 6.45) is 2.06. The molecule has 1 aromatic heterocycles. The van der Waals surface area contributed by atoms with Crippen LogP contribution in [-0.2, 0) is 17.8 Å². The van der Waals surface area contributed by atoms with Crippen molar-refractivity contribution in [2.24, 2.45) is 0 Å². The van der Waals surface area contributed by atoms with E-state index in [-0.39, 0.29) is 33.5 Å². The molecule has 10 heteroatoms. The fraction of sp³-hybridized carbons (Fsp3) is 0.381. The first-order valence-electron chi connectivity index (χ1n) is 9.72. The zero-order valence-electron chi connectivity index (χ0n) is 17.0. The van der Waals surface area contributed by atoms with Gasteiger partial charge in [0.25, 0.3) is 17.6 Å². The minimum absolute atomic E-state index is 0.0631. The molecule has 0 fully saturated rings. The van der Waals surface area contributed by atoms with Gasteiger partial charge in [-0.05, 0) is 51.3 Å². The van der Waals surface area contributed by atoms with Gasteiger partial charge in [0.05, 0.1) is 21.2 Å². The molecule has 31 heavy (non-hydrogen) atoms. The van der Waals surface area contributed by atoms with E-state index in [1.807, 2.05) is 0 Å². The summed E-state index contributed by atoms with van der Waals surface area (Å²) in [5.41, 5.74) is -0.341. The van der Waals surface area contributed by atoms with Gasteiger partial charge in [0.1, 0.15) is 11.5 Å². The third-order valence-corrected chi connectivity index (χ3v) is 5.52. The molecule has 0 bridgehead atoms. The van der Waals surface area contributed by atoms with Crippen molar-refractivity contribution in [2.45, 2.75) is 45.3 Å². The van der Waals surface area contributed by atoms with E-state index in [0.29, 0.717) is 18.7 Å². The number of hydrogen-bond donors (Lipinski definition) is 3. The highest BCUT2D eigenvalue weighted by molar-refractivity contribution is 6.48. The number of carbonyl (C=O) groups is 3. The second-order valence-corrected chi connectivity index (χ2v) is 8.79. The summed E-state index contributed by atoms with van der Waals surface area (Å²) < 4.78 is 15.0. The number of carbonyl (C=O) groups excluding carboxylic acids is 3. The maximum atomic E-state index is 13.4. The zero-order valence-corrected chi connectivity index (χ0v) is 18.5. The summed E-state index contributed by atoms with van der Waals surface area (Å²) >= 11 is 12.2. The largest absolute Gasteiger partial charge is 0.389 e. The molecule has 1 aromatic carbocycles. The van der Waals surface area contributed by atoms with Crippen LogP contribution in [0.5, 0.6) is 0 Å². The molecular weight excluding hydrogens is 448 g/mol. The summed E-state index contributed by atoms with van der Waals surface area (Å²) in [4.78, 5) is 38.2. The summed E-state index contributed by atoms with van der Waals surface area (Å²) in [6.45, 7) is 3.30. The van der Waals surface area contributed by atoms with E-state index in [2.05, 4.69) is 10.6 Å². The number of aromatic nitrogens is 1. The number of aliphatic hydroxyl groups is 1. The third-order valence-electron chi connectivity index (χ3n) is 4.86. The Hall–Kier alpha value is -2.42. The zero-order chi connectivity index (χ0) is 22.9. The first kappa shape index (κ1) is 23.2. The molecule has 3 N–H and O–H groups in total. The Labute approximate surface area is 188 Å². The van der Waals surface area contributed by atoms with Gasteiger partial charge in [0.15, 0.2) is 0 Å². The number of anilines is 1. The van der Waals surface area contributed by atoms with E-state index in [4.69, 9.17) is 23.2 Å². The molecule has 0 aliphatic carbocycles. The molecule has 0 radical (unpaired) electrons. The number of halogens is 3. The fourth-order valence-electron chi connectivity index (χ4n) is 3.41. The number of nitrogens with zero attached hydrogens (tertiary/aromatic N) is 1. The molecule has 7 nitrogen and oxygen atoms in total. The van der Waals surface area contributed by atoms with Crippen LogP contribution in [0.15, 0.2) is 18.2 Å². The summed E-state index contributed by atoms with van der Waals surface area (Å²) in [6, 6.07) is 3.74. The number of ketones is 1. The predicted octanol–water partition coefficient (Wildman–Crippen LogP) is 3.59.